The Balaban J connectivity index is 1.50. The minimum absolute atomic E-state index is 0.0667. The predicted molar refractivity (Wildman–Crippen MR) is 75.2 cm³/mol. The number of rotatable bonds is 4. The molecule has 1 aromatic rings. The van der Waals surface area contributed by atoms with Crippen molar-refractivity contribution in [3.05, 3.63) is 28.8 Å². The van der Waals surface area contributed by atoms with Gasteiger partial charge in [0.05, 0.1) is 17.3 Å². The van der Waals surface area contributed by atoms with E-state index in [1.54, 1.807) is 6.07 Å². The molecule has 0 heterocycles. The maximum absolute atomic E-state index is 12.9. The highest BCUT2D eigenvalue weighted by molar-refractivity contribution is 6.34. The van der Waals surface area contributed by atoms with E-state index in [-0.39, 0.29) is 24.9 Å². The fourth-order valence-electron chi connectivity index (χ4n) is 3.74. The molecule has 1 spiro atoms. The van der Waals surface area contributed by atoms with E-state index in [4.69, 9.17) is 16.7 Å². The molecule has 2 aliphatic carbocycles. The molecule has 0 aliphatic heterocycles. The van der Waals surface area contributed by atoms with E-state index in [9.17, 15) is 8.78 Å². The van der Waals surface area contributed by atoms with Crippen LogP contribution in [0.5, 0.6) is 0 Å². The summed E-state index contributed by atoms with van der Waals surface area (Å²) >= 11 is 6.16. The second-order valence-electron chi connectivity index (χ2n) is 6.30. The third kappa shape index (κ3) is 2.51. The molecule has 110 valence electrons. The van der Waals surface area contributed by atoms with Gasteiger partial charge in [-0.15, -0.1) is 0 Å². The molecule has 5 heteroatoms. The molecule has 0 atom stereocenters. The molecule has 2 aliphatic rings. The normalized spacial score (nSPS) is 23.2. The molecule has 2 saturated carbocycles. The fraction of sp³-hybridized carbons (Fsp3) is 0.600. The molecule has 1 aromatic carbocycles. The van der Waals surface area contributed by atoms with Gasteiger partial charge >= 0.3 is 0 Å². The molecule has 20 heavy (non-hydrogen) atoms. The van der Waals surface area contributed by atoms with Crippen molar-refractivity contribution in [2.45, 2.75) is 38.2 Å². The lowest BCUT2D eigenvalue weighted by Gasteiger charge is -2.57. The summed E-state index contributed by atoms with van der Waals surface area (Å²) in [6.07, 6.45) is 1.90. The van der Waals surface area contributed by atoms with Crippen molar-refractivity contribution < 1.29 is 13.9 Å². The van der Waals surface area contributed by atoms with Crippen molar-refractivity contribution in [2.24, 2.45) is 11.3 Å². The highest BCUT2D eigenvalue weighted by Crippen LogP contribution is 2.64. The first-order valence-electron chi connectivity index (χ1n) is 6.93. The van der Waals surface area contributed by atoms with Gasteiger partial charge in [-0.3, -0.25) is 0 Å². The lowest BCUT2D eigenvalue weighted by molar-refractivity contribution is -0.204. The number of alkyl halides is 2. The summed E-state index contributed by atoms with van der Waals surface area (Å²) in [5.41, 5.74) is 1.42. The number of hydrogen-bond acceptors (Lipinski definition) is 2. The average molecular weight is 302 g/mol. The minimum atomic E-state index is -2.42. The van der Waals surface area contributed by atoms with Crippen LogP contribution in [-0.2, 0) is 6.61 Å². The molecule has 3 rings (SSSR count). The summed E-state index contributed by atoms with van der Waals surface area (Å²) in [4.78, 5) is 0. The number of halogens is 3. The van der Waals surface area contributed by atoms with Gasteiger partial charge in [0.25, 0.3) is 0 Å². The summed E-state index contributed by atoms with van der Waals surface area (Å²) in [5.74, 6) is -1.98. The summed E-state index contributed by atoms with van der Waals surface area (Å²) in [6.45, 7) is 0.665. The average Bonchev–Trinajstić information content (AvgIpc) is 2.32. The van der Waals surface area contributed by atoms with Gasteiger partial charge in [0, 0.05) is 19.4 Å². The molecule has 0 saturated heterocycles. The Hall–Kier alpha value is -0.870. The maximum Gasteiger partial charge on any atom is 0.249 e. The Morgan fingerprint density at radius 2 is 2.00 bits per heavy atom. The van der Waals surface area contributed by atoms with E-state index in [0.29, 0.717) is 16.5 Å². The van der Waals surface area contributed by atoms with Crippen LogP contribution < -0.4 is 5.32 Å². The molecule has 0 aromatic heterocycles. The lowest BCUT2D eigenvalue weighted by atomic mass is 9.50. The molecule has 2 fully saturated rings. The highest BCUT2D eigenvalue weighted by atomic mass is 35.5. The van der Waals surface area contributed by atoms with E-state index < -0.39 is 5.92 Å². The second-order valence-corrected chi connectivity index (χ2v) is 6.68. The van der Waals surface area contributed by atoms with Crippen molar-refractivity contribution in [1.82, 2.24) is 0 Å². The zero-order chi connectivity index (χ0) is 14.4. The number of benzene rings is 1. The zero-order valence-corrected chi connectivity index (χ0v) is 11.9. The van der Waals surface area contributed by atoms with Crippen LogP contribution >= 0.6 is 11.6 Å². The van der Waals surface area contributed by atoms with Crippen molar-refractivity contribution >= 4 is 17.3 Å². The van der Waals surface area contributed by atoms with Crippen molar-refractivity contribution in [1.29, 1.82) is 0 Å². The van der Waals surface area contributed by atoms with Crippen LogP contribution in [-0.4, -0.2) is 17.6 Å². The van der Waals surface area contributed by atoms with E-state index in [0.717, 1.165) is 25.1 Å². The van der Waals surface area contributed by atoms with Crippen LogP contribution in [0.15, 0.2) is 18.2 Å². The Bertz CT molecular complexity index is 505. The number of anilines is 1. The Morgan fingerprint density at radius 3 is 2.60 bits per heavy atom. The van der Waals surface area contributed by atoms with Crippen molar-refractivity contribution in [2.75, 3.05) is 11.9 Å². The third-order valence-electron chi connectivity index (χ3n) is 4.54. The van der Waals surface area contributed by atoms with Crippen LogP contribution in [0.4, 0.5) is 14.5 Å². The fourth-order valence-corrected chi connectivity index (χ4v) is 3.99. The predicted octanol–water partition coefficient (Wildman–Crippen LogP) is 4.07. The largest absolute Gasteiger partial charge is 0.392 e. The summed E-state index contributed by atoms with van der Waals surface area (Å²) in [6, 6.07) is 5.49. The molecule has 0 amide bonds. The molecule has 0 radical (unpaired) electrons. The smallest absolute Gasteiger partial charge is 0.249 e. The topological polar surface area (TPSA) is 32.3 Å². The Morgan fingerprint density at radius 1 is 1.30 bits per heavy atom. The SMILES string of the molecule is OCc1cccc(NCC2CC3(C2)CC(F)(F)C3)c1Cl. The summed E-state index contributed by atoms with van der Waals surface area (Å²) in [7, 11) is 0. The van der Waals surface area contributed by atoms with Gasteiger partial charge in [0.15, 0.2) is 0 Å². The van der Waals surface area contributed by atoms with Gasteiger partial charge in [0.2, 0.25) is 5.92 Å². The van der Waals surface area contributed by atoms with E-state index in [1.807, 2.05) is 12.1 Å². The van der Waals surface area contributed by atoms with Gasteiger partial charge in [-0.1, -0.05) is 23.7 Å². The minimum Gasteiger partial charge on any atom is -0.392 e. The van der Waals surface area contributed by atoms with Crippen LogP contribution in [0.2, 0.25) is 5.02 Å². The van der Waals surface area contributed by atoms with Crippen LogP contribution in [0.25, 0.3) is 0 Å². The monoisotopic (exact) mass is 301 g/mol. The van der Waals surface area contributed by atoms with Gasteiger partial charge < -0.3 is 10.4 Å². The Kier molecular flexibility index (Phi) is 3.41. The van der Waals surface area contributed by atoms with Gasteiger partial charge in [-0.2, -0.15) is 0 Å². The number of hydrogen-bond donors (Lipinski definition) is 2. The van der Waals surface area contributed by atoms with Crippen LogP contribution in [0, 0.1) is 11.3 Å². The molecule has 2 nitrogen and oxygen atoms in total. The van der Waals surface area contributed by atoms with Crippen LogP contribution in [0.1, 0.15) is 31.2 Å². The molecule has 0 bridgehead atoms. The van der Waals surface area contributed by atoms with E-state index >= 15 is 0 Å². The second kappa shape index (κ2) is 4.85. The number of aliphatic hydroxyl groups is 1. The number of nitrogens with one attached hydrogen (secondary N) is 1. The lowest BCUT2D eigenvalue weighted by Crippen LogP contribution is -2.54. The molecule has 2 N–H and O–H groups in total. The summed E-state index contributed by atoms with van der Waals surface area (Å²) < 4.78 is 25.8. The van der Waals surface area contributed by atoms with Gasteiger partial charge in [0.1, 0.15) is 0 Å². The summed E-state index contributed by atoms with van der Waals surface area (Å²) in [5, 5.41) is 13.0. The zero-order valence-electron chi connectivity index (χ0n) is 11.1. The van der Waals surface area contributed by atoms with E-state index in [1.165, 1.54) is 0 Å². The molecule has 0 unspecified atom stereocenters. The molecular formula is C15H18ClF2NO. The highest BCUT2D eigenvalue weighted by Gasteiger charge is 2.61. The van der Waals surface area contributed by atoms with E-state index in [2.05, 4.69) is 5.32 Å². The van der Waals surface area contributed by atoms with Crippen molar-refractivity contribution in [3.8, 4) is 0 Å². The molecular weight excluding hydrogens is 284 g/mol. The van der Waals surface area contributed by atoms with Crippen molar-refractivity contribution in [3.63, 3.8) is 0 Å². The third-order valence-corrected chi connectivity index (χ3v) is 4.99. The van der Waals surface area contributed by atoms with Gasteiger partial charge in [-0.05, 0) is 35.8 Å². The number of aliphatic hydroxyl groups excluding tert-OH is 1. The standard InChI is InChI=1S/C15H18ClF2NO/c16-13-11(7-20)2-1-3-12(13)19-6-10-4-14(5-10)8-15(17,18)9-14/h1-3,10,19-20H,4-9H2. The quantitative estimate of drug-likeness (QED) is 0.878. The van der Waals surface area contributed by atoms with Gasteiger partial charge in [-0.25, -0.2) is 8.78 Å². The Labute approximate surface area is 122 Å². The maximum atomic E-state index is 12.9. The van der Waals surface area contributed by atoms with Crippen LogP contribution in [0.3, 0.4) is 0 Å². The first-order valence-corrected chi connectivity index (χ1v) is 7.31. The first kappa shape index (κ1) is 14.1. The first-order chi connectivity index (χ1) is 9.43.